The van der Waals surface area contributed by atoms with Crippen molar-refractivity contribution < 1.29 is 4.79 Å². The first-order valence-corrected chi connectivity index (χ1v) is 6.27. The zero-order valence-electron chi connectivity index (χ0n) is 11.0. The van der Waals surface area contributed by atoms with E-state index >= 15 is 0 Å². The summed E-state index contributed by atoms with van der Waals surface area (Å²) in [5, 5.41) is 5.94. The van der Waals surface area contributed by atoms with E-state index in [0.29, 0.717) is 18.8 Å². The van der Waals surface area contributed by atoms with Crippen molar-refractivity contribution in [2.45, 2.75) is 6.54 Å². The number of aromatic nitrogens is 2. The van der Waals surface area contributed by atoms with Crippen LogP contribution < -0.4 is 10.6 Å². The molecule has 0 fully saturated rings. The third-order valence-corrected chi connectivity index (χ3v) is 2.65. The number of anilines is 1. The molecule has 2 aromatic rings. The predicted octanol–water partition coefficient (Wildman–Crippen LogP) is 2.00. The molecule has 0 spiro atoms. The lowest BCUT2D eigenvalue weighted by molar-refractivity contribution is 0.0953. The van der Waals surface area contributed by atoms with Crippen LogP contribution in [0.15, 0.2) is 55.5 Å². The van der Waals surface area contributed by atoms with Gasteiger partial charge in [-0.2, -0.15) is 0 Å². The minimum absolute atomic E-state index is 0.211. The number of amides is 1. The molecule has 102 valence electrons. The summed E-state index contributed by atoms with van der Waals surface area (Å²) in [7, 11) is 0. The van der Waals surface area contributed by atoms with E-state index in [9.17, 15) is 4.79 Å². The number of nitrogens with one attached hydrogen (secondary N) is 2. The van der Waals surface area contributed by atoms with E-state index in [1.807, 2.05) is 18.2 Å². The van der Waals surface area contributed by atoms with Gasteiger partial charge in [0.15, 0.2) is 0 Å². The first-order valence-electron chi connectivity index (χ1n) is 6.27. The third kappa shape index (κ3) is 3.91. The maximum Gasteiger partial charge on any atom is 0.270 e. The molecule has 0 saturated carbocycles. The number of carbonyl (C=O) groups excluding carboxylic acids is 1. The van der Waals surface area contributed by atoms with Crippen LogP contribution in [0.3, 0.4) is 0 Å². The van der Waals surface area contributed by atoms with Crippen LogP contribution in [0.1, 0.15) is 16.1 Å². The molecule has 0 aliphatic heterocycles. The molecule has 0 saturated heterocycles. The Hall–Kier alpha value is -2.69. The summed E-state index contributed by atoms with van der Waals surface area (Å²) in [5.74, 6) is -0.211. The fraction of sp³-hybridized carbons (Fsp3) is 0.133. The van der Waals surface area contributed by atoms with E-state index in [1.54, 1.807) is 30.7 Å². The van der Waals surface area contributed by atoms with Gasteiger partial charge in [-0.15, -0.1) is 6.58 Å². The fourth-order valence-electron chi connectivity index (χ4n) is 1.62. The average molecular weight is 268 g/mol. The van der Waals surface area contributed by atoms with Gasteiger partial charge >= 0.3 is 0 Å². The Bertz CT molecular complexity index is 583. The topological polar surface area (TPSA) is 66.9 Å². The average Bonchev–Trinajstić information content (AvgIpc) is 2.52. The highest BCUT2D eigenvalue weighted by Gasteiger charge is 2.06. The Balaban J connectivity index is 1.99. The Labute approximate surface area is 117 Å². The summed E-state index contributed by atoms with van der Waals surface area (Å²) in [6.45, 7) is 4.65. The number of rotatable bonds is 6. The normalized spacial score (nSPS) is 9.80. The SMILES string of the molecule is C=CCNC(=O)c1cc(NCc2ccncc2)ccn1. The van der Waals surface area contributed by atoms with Crippen LogP contribution >= 0.6 is 0 Å². The molecule has 0 radical (unpaired) electrons. The predicted molar refractivity (Wildman–Crippen MR) is 78.3 cm³/mol. The Morgan fingerprint density at radius 2 is 2.05 bits per heavy atom. The first kappa shape index (κ1) is 13.7. The zero-order valence-corrected chi connectivity index (χ0v) is 11.0. The molecule has 0 atom stereocenters. The van der Waals surface area contributed by atoms with Gasteiger partial charge in [-0.1, -0.05) is 6.08 Å². The van der Waals surface area contributed by atoms with Crippen molar-refractivity contribution in [2.24, 2.45) is 0 Å². The molecule has 0 aromatic carbocycles. The molecule has 5 heteroatoms. The van der Waals surface area contributed by atoms with Crippen LogP contribution in [0.5, 0.6) is 0 Å². The maximum atomic E-state index is 11.8. The summed E-state index contributed by atoms with van der Waals surface area (Å²) in [6.07, 6.45) is 6.73. The molecule has 2 heterocycles. The summed E-state index contributed by atoms with van der Waals surface area (Å²) in [4.78, 5) is 19.8. The standard InChI is InChI=1S/C15H16N4O/c1-2-6-18-15(20)14-10-13(5-9-17-14)19-11-12-3-7-16-8-4-12/h2-5,7-10H,1,6,11H2,(H,17,19)(H,18,20). The van der Waals surface area contributed by atoms with Crippen molar-refractivity contribution in [3.8, 4) is 0 Å². The van der Waals surface area contributed by atoms with Crippen LogP contribution in [-0.2, 0) is 6.54 Å². The smallest absolute Gasteiger partial charge is 0.270 e. The summed E-state index contributed by atoms with van der Waals surface area (Å²) in [6, 6.07) is 7.42. The lowest BCUT2D eigenvalue weighted by Gasteiger charge is -2.08. The van der Waals surface area contributed by atoms with Crippen molar-refractivity contribution in [2.75, 3.05) is 11.9 Å². The largest absolute Gasteiger partial charge is 0.381 e. The second kappa shape index (κ2) is 7.04. The quantitative estimate of drug-likeness (QED) is 0.786. The summed E-state index contributed by atoms with van der Waals surface area (Å²) < 4.78 is 0. The molecule has 1 amide bonds. The molecule has 5 nitrogen and oxygen atoms in total. The van der Waals surface area contributed by atoms with Crippen LogP contribution in [0.25, 0.3) is 0 Å². The Morgan fingerprint density at radius 3 is 2.80 bits per heavy atom. The van der Waals surface area contributed by atoms with E-state index in [0.717, 1.165) is 11.3 Å². The van der Waals surface area contributed by atoms with E-state index in [2.05, 4.69) is 27.2 Å². The number of pyridine rings is 2. The van der Waals surface area contributed by atoms with Gasteiger partial charge in [0.1, 0.15) is 5.69 Å². The van der Waals surface area contributed by atoms with Crippen LogP contribution in [-0.4, -0.2) is 22.4 Å². The van der Waals surface area contributed by atoms with Gasteiger partial charge in [-0.3, -0.25) is 14.8 Å². The van der Waals surface area contributed by atoms with E-state index in [1.165, 1.54) is 0 Å². The monoisotopic (exact) mass is 268 g/mol. The van der Waals surface area contributed by atoms with Crippen molar-refractivity contribution in [3.63, 3.8) is 0 Å². The molecule has 0 aliphatic rings. The van der Waals surface area contributed by atoms with Crippen molar-refractivity contribution in [3.05, 3.63) is 66.8 Å². The zero-order chi connectivity index (χ0) is 14.2. The Kier molecular flexibility index (Phi) is 4.83. The highest BCUT2D eigenvalue weighted by atomic mass is 16.1. The van der Waals surface area contributed by atoms with Crippen molar-refractivity contribution in [1.82, 2.24) is 15.3 Å². The third-order valence-electron chi connectivity index (χ3n) is 2.65. The minimum atomic E-state index is -0.211. The second-order valence-electron chi connectivity index (χ2n) is 4.14. The van der Waals surface area contributed by atoms with Gasteiger partial charge in [0.05, 0.1) is 0 Å². The van der Waals surface area contributed by atoms with Gasteiger partial charge in [0.25, 0.3) is 5.91 Å². The molecule has 2 aromatic heterocycles. The van der Waals surface area contributed by atoms with E-state index in [4.69, 9.17) is 0 Å². The van der Waals surface area contributed by atoms with E-state index in [-0.39, 0.29) is 5.91 Å². The molecule has 0 bridgehead atoms. The number of hydrogen-bond donors (Lipinski definition) is 2. The fourth-order valence-corrected chi connectivity index (χ4v) is 1.62. The lowest BCUT2D eigenvalue weighted by Crippen LogP contribution is -2.24. The van der Waals surface area contributed by atoms with Gasteiger partial charge < -0.3 is 10.6 Å². The highest BCUT2D eigenvalue weighted by molar-refractivity contribution is 5.93. The van der Waals surface area contributed by atoms with Crippen molar-refractivity contribution in [1.29, 1.82) is 0 Å². The lowest BCUT2D eigenvalue weighted by atomic mass is 10.2. The van der Waals surface area contributed by atoms with Gasteiger partial charge in [-0.05, 0) is 29.8 Å². The van der Waals surface area contributed by atoms with Gasteiger partial charge in [0.2, 0.25) is 0 Å². The van der Waals surface area contributed by atoms with Crippen LogP contribution in [0.2, 0.25) is 0 Å². The number of nitrogens with zero attached hydrogens (tertiary/aromatic N) is 2. The first-order chi connectivity index (χ1) is 9.79. The second-order valence-corrected chi connectivity index (χ2v) is 4.14. The number of carbonyl (C=O) groups is 1. The highest BCUT2D eigenvalue weighted by Crippen LogP contribution is 2.10. The van der Waals surface area contributed by atoms with Gasteiger partial charge in [-0.25, -0.2) is 0 Å². The van der Waals surface area contributed by atoms with Gasteiger partial charge in [0, 0.05) is 37.4 Å². The molecule has 20 heavy (non-hydrogen) atoms. The number of hydrogen-bond acceptors (Lipinski definition) is 4. The summed E-state index contributed by atoms with van der Waals surface area (Å²) in [5.41, 5.74) is 2.35. The molecular weight excluding hydrogens is 252 g/mol. The molecular formula is C15H16N4O. The van der Waals surface area contributed by atoms with Crippen molar-refractivity contribution >= 4 is 11.6 Å². The maximum absolute atomic E-state index is 11.8. The molecule has 2 N–H and O–H groups in total. The molecule has 2 rings (SSSR count). The van der Waals surface area contributed by atoms with E-state index < -0.39 is 0 Å². The molecule has 0 unspecified atom stereocenters. The summed E-state index contributed by atoms with van der Waals surface area (Å²) >= 11 is 0. The molecule has 0 aliphatic carbocycles. The minimum Gasteiger partial charge on any atom is -0.381 e. The van der Waals surface area contributed by atoms with Crippen LogP contribution in [0.4, 0.5) is 5.69 Å². The Morgan fingerprint density at radius 1 is 1.25 bits per heavy atom. The van der Waals surface area contributed by atoms with Crippen LogP contribution in [0, 0.1) is 0 Å².